The molecule has 0 radical (unpaired) electrons. The fraction of sp³-hybridized carbons (Fsp3) is 0.100. The second-order valence-corrected chi connectivity index (χ2v) is 6.64. The van der Waals surface area contributed by atoms with Crippen LogP contribution >= 0.6 is 23.2 Å². The van der Waals surface area contributed by atoms with Gasteiger partial charge in [0.15, 0.2) is 0 Å². The van der Waals surface area contributed by atoms with E-state index in [4.69, 9.17) is 32.8 Å². The van der Waals surface area contributed by atoms with Crippen LogP contribution in [0.4, 0.5) is 13.2 Å². The molecule has 0 aliphatic carbocycles. The summed E-state index contributed by atoms with van der Waals surface area (Å²) in [5.41, 5.74) is 0.552. The molecule has 4 nitrogen and oxygen atoms in total. The molecular weight excluding hydrogens is 428 g/mol. The molecular formula is C20H13Cl2F3N2O2. The third kappa shape index (κ3) is 6.10. The van der Waals surface area contributed by atoms with E-state index in [0.717, 1.165) is 17.7 Å². The zero-order chi connectivity index (χ0) is 20.9. The standard InChI is InChI=1S/C20H13Cl2F3N2O2/c21-16-6-5-14(18(22)9-16)12-28-27-11-13-4-7-19(26-10-13)29-17-3-1-2-15(8-17)20(23,24)25/h1-11H,12H2. The number of alkyl halides is 3. The number of oxime groups is 1. The Bertz CT molecular complexity index is 1010. The Hall–Kier alpha value is -2.77. The van der Waals surface area contributed by atoms with Gasteiger partial charge in [-0.1, -0.05) is 40.5 Å². The van der Waals surface area contributed by atoms with Gasteiger partial charge >= 0.3 is 6.18 Å². The van der Waals surface area contributed by atoms with Crippen LogP contribution in [0, 0.1) is 0 Å². The van der Waals surface area contributed by atoms with Gasteiger partial charge in [-0.25, -0.2) is 4.98 Å². The second-order valence-electron chi connectivity index (χ2n) is 5.80. The van der Waals surface area contributed by atoms with Crippen molar-refractivity contribution in [1.82, 2.24) is 4.98 Å². The molecule has 0 spiro atoms. The maximum atomic E-state index is 12.7. The van der Waals surface area contributed by atoms with Gasteiger partial charge < -0.3 is 9.57 Å². The van der Waals surface area contributed by atoms with Gasteiger partial charge in [-0.15, -0.1) is 0 Å². The predicted molar refractivity (Wildman–Crippen MR) is 105 cm³/mol. The molecule has 0 atom stereocenters. The second kappa shape index (κ2) is 9.15. The number of benzene rings is 2. The molecule has 0 saturated carbocycles. The summed E-state index contributed by atoms with van der Waals surface area (Å²) in [5.74, 6) is 0.187. The first kappa shape index (κ1) is 21.0. The minimum Gasteiger partial charge on any atom is -0.439 e. The molecule has 0 saturated heterocycles. The highest BCUT2D eigenvalue weighted by Crippen LogP contribution is 2.32. The van der Waals surface area contributed by atoms with Crippen LogP contribution in [0.1, 0.15) is 16.7 Å². The van der Waals surface area contributed by atoms with E-state index in [1.807, 2.05) is 0 Å². The zero-order valence-electron chi connectivity index (χ0n) is 14.7. The summed E-state index contributed by atoms with van der Waals surface area (Å²) in [7, 11) is 0. The number of ether oxygens (including phenoxy) is 1. The SMILES string of the molecule is FC(F)(F)c1cccc(Oc2ccc(C=NOCc3ccc(Cl)cc3Cl)cn2)c1. The van der Waals surface area contributed by atoms with Crippen LogP contribution in [-0.2, 0) is 17.6 Å². The number of hydrogen-bond donors (Lipinski definition) is 0. The Labute approximate surface area is 174 Å². The number of pyridine rings is 1. The summed E-state index contributed by atoms with van der Waals surface area (Å²) < 4.78 is 43.6. The molecule has 0 aliphatic rings. The number of rotatable bonds is 6. The van der Waals surface area contributed by atoms with Crippen molar-refractivity contribution in [3.8, 4) is 11.6 Å². The molecule has 1 heterocycles. The largest absolute Gasteiger partial charge is 0.439 e. The Morgan fingerprint density at radius 3 is 2.55 bits per heavy atom. The first-order valence-electron chi connectivity index (χ1n) is 8.22. The molecule has 9 heteroatoms. The van der Waals surface area contributed by atoms with Crippen molar-refractivity contribution in [2.24, 2.45) is 5.16 Å². The molecule has 0 N–H and O–H groups in total. The lowest BCUT2D eigenvalue weighted by molar-refractivity contribution is -0.137. The molecule has 1 aromatic heterocycles. The monoisotopic (exact) mass is 440 g/mol. The van der Waals surface area contributed by atoms with E-state index >= 15 is 0 Å². The van der Waals surface area contributed by atoms with Crippen molar-refractivity contribution < 1.29 is 22.7 Å². The number of nitrogens with zero attached hydrogens (tertiary/aromatic N) is 2. The lowest BCUT2D eigenvalue weighted by atomic mass is 10.2. The lowest BCUT2D eigenvalue weighted by Gasteiger charge is -2.09. The molecule has 0 unspecified atom stereocenters. The van der Waals surface area contributed by atoms with E-state index in [-0.39, 0.29) is 18.2 Å². The Balaban J connectivity index is 1.57. The van der Waals surface area contributed by atoms with Gasteiger partial charge in [0.05, 0.1) is 11.8 Å². The third-order valence-electron chi connectivity index (χ3n) is 3.65. The van der Waals surface area contributed by atoms with Crippen molar-refractivity contribution in [2.45, 2.75) is 12.8 Å². The molecule has 0 bridgehead atoms. The molecule has 3 rings (SSSR count). The highest BCUT2D eigenvalue weighted by Gasteiger charge is 2.30. The lowest BCUT2D eigenvalue weighted by Crippen LogP contribution is -2.04. The average molecular weight is 441 g/mol. The van der Waals surface area contributed by atoms with Crippen LogP contribution in [0.5, 0.6) is 11.6 Å². The quantitative estimate of drug-likeness (QED) is 0.314. The minimum absolute atomic E-state index is 0.0388. The molecule has 0 amide bonds. The summed E-state index contributed by atoms with van der Waals surface area (Å²) in [4.78, 5) is 9.23. The van der Waals surface area contributed by atoms with Gasteiger partial charge in [-0.05, 0) is 36.4 Å². The van der Waals surface area contributed by atoms with Gasteiger partial charge in [0.25, 0.3) is 0 Å². The normalized spacial score (nSPS) is 11.6. The molecule has 2 aromatic carbocycles. The Morgan fingerprint density at radius 1 is 1.03 bits per heavy atom. The summed E-state index contributed by atoms with van der Waals surface area (Å²) in [5, 5.41) is 4.84. The van der Waals surface area contributed by atoms with Crippen molar-refractivity contribution in [1.29, 1.82) is 0 Å². The van der Waals surface area contributed by atoms with Crippen LogP contribution in [0.2, 0.25) is 10.0 Å². The van der Waals surface area contributed by atoms with Crippen molar-refractivity contribution in [3.05, 3.63) is 87.5 Å². The van der Waals surface area contributed by atoms with Crippen LogP contribution in [0.3, 0.4) is 0 Å². The summed E-state index contributed by atoms with van der Waals surface area (Å²) in [6.07, 6.45) is -1.56. The summed E-state index contributed by atoms with van der Waals surface area (Å²) in [6.45, 7) is 0.163. The van der Waals surface area contributed by atoms with Crippen molar-refractivity contribution in [3.63, 3.8) is 0 Å². The fourth-order valence-corrected chi connectivity index (χ4v) is 2.69. The van der Waals surface area contributed by atoms with E-state index in [1.165, 1.54) is 30.6 Å². The van der Waals surface area contributed by atoms with E-state index in [9.17, 15) is 13.2 Å². The van der Waals surface area contributed by atoms with Gasteiger partial charge in [0.2, 0.25) is 5.88 Å². The number of aromatic nitrogens is 1. The maximum absolute atomic E-state index is 12.7. The molecule has 29 heavy (non-hydrogen) atoms. The zero-order valence-corrected chi connectivity index (χ0v) is 16.2. The van der Waals surface area contributed by atoms with E-state index in [0.29, 0.717) is 15.6 Å². The molecule has 150 valence electrons. The highest BCUT2D eigenvalue weighted by molar-refractivity contribution is 6.35. The maximum Gasteiger partial charge on any atom is 0.416 e. The molecule has 3 aromatic rings. The smallest absolute Gasteiger partial charge is 0.416 e. The highest BCUT2D eigenvalue weighted by atomic mass is 35.5. The first-order chi connectivity index (χ1) is 13.8. The third-order valence-corrected chi connectivity index (χ3v) is 4.24. The predicted octanol–water partition coefficient (Wildman–Crippen LogP) is 6.75. The van der Waals surface area contributed by atoms with E-state index < -0.39 is 11.7 Å². The Morgan fingerprint density at radius 2 is 1.86 bits per heavy atom. The minimum atomic E-state index is -4.44. The average Bonchev–Trinajstić information content (AvgIpc) is 2.67. The molecule has 0 aliphatic heterocycles. The van der Waals surface area contributed by atoms with E-state index in [2.05, 4.69) is 10.1 Å². The number of hydrogen-bond acceptors (Lipinski definition) is 4. The number of halogens is 5. The van der Waals surface area contributed by atoms with Crippen LogP contribution in [-0.4, -0.2) is 11.2 Å². The van der Waals surface area contributed by atoms with Crippen molar-refractivity contribution in [2.75, 3.05) is 0 Å². The first-order valence-corrected chi connectivity index (χ1v) is 8.97. The van der Waals surface area contributed by atoms with Crippen LogP contribution in [0.25, 0.3) is 0 Å². The summed E-state index contributed by atoms with van der Waals surface area (Å²) in [6, 6.07) is 12.8. The van der Waals surface area contributed by atoms with Crippen LogP contribution < -0.4 is 4.74 Å². The summed E-state index contributed by atoms with van der Waals surface area (Å²) >= 11 is 11.9. The van der Waals surface area contributed by atoms with Gasteiger partial charge in [-0.2, -0.15) is 13.2 Å². The fourth-order valence-electron chi connectivity index (χ4n) is 2.23. The van der Waals surface area contributed by atoms with Gasteiger partial charge in [0, 0.05) is 33.4 Å². The van der Waals surface area contributed by atoms with Gasteiger partial charge in [0.1, 0.15) is 12.4 Å². The molecule has 0 fully saturated rings. The van der Waals surface area contributed by atoms with Crippen molar-refractivity contribution >= 4 is 29.4 Å². The van der Waals surface area contributed by atoms with E-state index in [1.54, 1.807) is 24.3 Å². The van der Waals surface area contributed by atoms with Gasteiger partial charge in [-0.3, -0.25) is 0 Å². The topological polar surface area (TPSA) is 43.7 Å². The van der Waals surface area contributed by atoms with Crippen LogP contribution in [0.15, 0.2) is 65.9 Å². The Kier molecular flexibility index (Phi) is 6.61.